The maximum Gasteiger partial charge on any atom is 0.0522 e. The van der Waals surface area contributed by atoms with Crippen LogP contribution in [0.4, 0.5) is 0 Å². The monoisotopic (exact) mass is 263 g/mol. The first-order valence-electron chi connectivity index (χ1n) is 7.93. The van der Waals surface area contributed by atoms with Gasteiger partial charge in [-0.15, -0.1) is 0 Å². The molecule has 3 nitrogen and oxygen atoms in total. The molecule has 1 fully saturated rings. The van der Waals surface area contributed by atoms with Gasteiger partial charge in [0.15, 0.2) is 0 Å². The Labute approximate surface area is 117 Å². The minimum absolute atomic E-state index is 0.640. The molecule has 2 rings (SSSR count). The van der Waals surface area contributed by atoms with Crippen molar-refractivity contribution in [2.24, 2.45) is 18.9 Å². The Morgan fingerprint density at radius 2 is 2.26 bits per heavy atom. The van der Waals surface area contributed by atoms with Gasteiger partial charge in [0.2, 0.25) is 0 Å². The minimum atomic E-state index is 0.640. The van der Waals surface area contributed by atoms with Crippen molar-refractivity contribution in [2.45, 2.75) is 58.4 Å². The van der Waals surface area contributed by atoms with E-state index in [1.165, 1.54) is 37.7 Å². The average Bonchev–Trinajstić information content (AvgIpc) is 3.03. The highest BCUT2D eigenvalue weighted by molar-refractivity contribution is 5.07. The van der Waals surface area contributed by atoms with Crippen LogP contribution in [0.2, 0.25) is 0 Å². The fourth-order valence-electron chi connectivity index (χ4n) is 3.42. The minimum Gasteiger partial charge on any atom is -0.313 e. The molecule has 3 atom stereocenters. The smallest absolute Gasteiger partial charge is 0.0522 e. The zero-order chi connectivity index (χ0) is 13.7. The summed E-state index contributed by atoms with van der Waals surface area (Å²) in [7, 11) is 2.00. The molecule has 1 aromatic heterocycles. The topological polar surface area (TPSA) is 29.9 Å². The second-order valence-electron chi connectivity index (χ2n) is 6.13. The van der Waals surface area contributed by atoms with Crippen molar-refractivity contribution in [3.63, 3.8) is 0 Å². The first-order valence-corrected chi connectivity index (χ1v) is 7.93. The highest BCUT2D eigenvalue weighted by atomic mass is 15.2. The highest BCUT2D eigenvalue weighted by Crippen LogP contribution is 2.35. The molecule has 1 aromatic rings. The Balaban J connectivity index is 1.95. The molecule has 0 bridgehead atoms. The van der Waals surface area contributed by atoms with E-state index in [1.807, 2.05) is 17.9 Å². The van der Waals surface area contributed by atoms with Gasteiger partial charge in [0.1, 0.15) is 0 Å². The molecule has 3 unspecified atom stereocenters. The van der Waals surface area contributed by atoms with Crippen LogP contribution in [0.15, 0.2) is 12.4 Å². The fraction of sp³-hybridized carbons (Fsp3) is 0.812. The molecule has 0 aliphatic heterocycles. The van der Waals surface area contributed by atoms with Crippen LogP contribution >= 0.6 is 0 Å². The molecule has 1 N–H and O–H groups in total. The van der Waals surface area contributed by atoms with E-state index in [2.05, 4.69) is 30.5 Å². The van der Waals surface area contributed by atoms with Gasteiger partial charge in [-0.3, -0.25) is 4.68 Å². The van der Waals surface area contributed by atoms with Crippen LogP contribution in [0, 0.1) is 11.8 Å². The molecule has 108 valence electrons. The number of rotatable bonds is 7. The molecule has 0 amide bonds. The van der Waals surface area contributed by atoms with Crippen LogP contribution in [-0.2, 0) is 13.5 Å². The number of aryl methyl sites for hydroxylation is 1. The molecular weight excluding hydrogens is 234 g/mol. The lowest BCUT2D eigenvalue weighted by atomic mass is 9.91. The van der Waals surface area contributed by atoms with Crippen molar-refractivity contribution in [2.75, 3.05) is 6.54 Å². The molecule has 1 heterocycles. The van der Waals surface area contributed by atoms with E-state index in [-0.39, 0.29) is 0 Å². The van der Waals surface area contributed by atoms with Crippen LogP contribution in [0.3, 0.4) is 0 Å². The lowest BCUT2D eigenvalue weighted by molar-refractivity contribution is 0.344. The second-order valence-corrected chi connectivity index (χ2v) is 6.13. The van der Waals surface area contributed by atoms with Crippen molar-refractivity contribution >= 4 is 0 Å². The van der Waals surface area contributed by atoms with Crippen LogP contribution in [0.5, 0.6) is 0 Å². The number of hydrogen-bond acceptors (Lipinski definition) is 2. The molecule has 0 radical (unpaired) electrons. The van der Waals surface area contributed by atoms with E-state index in [4.69, 9.17) is 0 Å². The first-order chi connectivity index (χ1) is 9.22. The van der Waals surface area contributed by atoms with Gasteiger partial charge in [0.25, 0.3) is 0 Å². The average molecular weight is 263 g/mol. The van der Waals surface area contributed by atoms with E-state index < -0.39 is 0 Å². The zero-order valence-electron chi connectivity index (χ0n) is 12.7. The summed E-state index contributed by atoms with van der Waals surface area (Å²) in [6.07, 6.45) is 12.1. The maximum atomic E-state index is 4.30. The Kier molecular flexibility index (Phi) is 5.44. The molecule has 1 aliphatic carbocycles. The van der Waals surface area contributed by atoms with Crippen molar-refractivity contribution < 1.29 is 0 Å². The zero-order valence-corrected chi connectivity index (χ0v) is 12.7. The van der Waals surface area contributed by atoms with Crippen LogP contribution in [0.25, 0.3) is 0 Å². The van der Waals surface area contributed by atoms with Crippen molar-refractivity contribution in [3.05, 3.63) is 18.0 Å². The van der Waals surface area contributed by atoms with E-state index in [0.29, 0.717) is 6.04 Å². The molecule has 19 heavy (non-hydrogen) atoms. The molecule has 1 saturated carbocycles. The summed E-state index contributed by atoms with van der Waals surface area (Å²) in [6.45, 7) is 5.72. The summed E-state index contributed by atoms with van der Waals surface area (Å²) in [5.74, 6) is 1.82. The van der Waals surface area contributed by atoms with E-state index in [0.717, 1.165) is 24.8 Å². The summed E-state index contributed by atoms with van der Waals surface area (Å²) in [5.41, 5.74) is 1.37. The van der Waals surface area contributed by atoms with Gasteiger partial charge in [-0.1, -0.05) is 26.7 Å². The first kappa shape index (κ1) is 14.6. The largest absolute Gasteiger partial charge is 0.313 e. The van der Waals surface area contributed by atoms with E-state index >= 15 is 0 Å². The fourth-order valence-corrected chi connectivity index (χ4v) is 3.42. The summed E-state index contributed by atoms with van der Waals surface area (Å²) >= 11 is 0. The van der Waals surface area contributed by atoms with Crippen LogP contribution < -0.4 is 5.32 Å². The third-order valence-electron chi connectivity index (χ3n) is 4.60. The number of nitrogens with one attached hydrogen (secondary N) is 1. The summed E-state index contributed by atoms with van der Waals surface area (Å²) < 4.78 is 1.91. The van der Waals surface area contributed by atoms with Gasteiger partial charge < -0.3 is 5.32 Å². The predicted molar refractivity (Wildman–Crippen MR) is 80.1 cm³/mol. The molecule has 3 heteroatoms. The Morgan fingerprint density at radius 1 is 1.42 bits per heavy atom. The van der Waals surface area contributed by atoms with Gasteiger partial charge >= 0.3 is 0 Å². The lowest BCUT2D eigenvalue weighted by Gasteiger charge is -2.24. The van der Waals surface area contributed by atoms with Crippen LogP contribution in [0.1, 0.15) is 51.5 Å². The third-order valence-corrected chi connectivity index (χ3v) is 4.60. The number of aromatic nitrogens is 2. The van der Waals surface area contributed by atoms with Gasteiger partial charge in [-0.25, -0.2) is 0 Å². The standard InChI is InChI=1S/C16H29N3/c1-4-8-17-16(10-14-11-18-19(3)12-14)15-7-6-13(5-2)9-15/h11-13,15-17H,4-10H2,1-3H3. The predicted octanol–water partition coefficient (Wildman–Crippen LogP) is 3.16. The normalized spacial score (nSPS) is 24.8. The molecule has 0 spiro atoms. The Hall–Kier alpha value is -0.830. The van der Waals surface area contributed by atoms with E-state index in [9.17, 15) is 0 Å². The van der Waals surface area contributed by atoms with Gasteiger partial charge in [-0.2, -0.15) is 5.10 Å². The Morgan fingerprint density at radius 3 is 2.84 bits per heavy atom. The van der Waals surface area contributed by atoms with Crippen LogP contribution in [-0.4, -0.2) is 22.4 Å². The summed E-state index contributed by atoms with van der Waals surface area (Å²) in [6, 6.07) is 0.640. The summed E-state index contributed by atoms with van der Waals surface area (Å²) in [4.78, 5) is 0. The van der Waals surface area contributed by atoms with Gasteiger partial charge in [-0.05, 0) is 49.6 Å². The van der Waals surface area contributed by atoms with Crippen molar-refractivity contribution in [1.29, 1.82) is 0 Å². The highest BCUT2D eigenvalue weighted by Gasteiger charge is 2.29. The maximum absolute atomic E-state index is 4.30. The number of hydrogen-bond donors (Lipinski definition) is 1. The lowest BCUT2D eigenvalue weighted by Crippen LogP contribution is -2.37. The third kappa shape index (κ3) is 4.07. The SMILES string of the molecule is CCCNC(Cc1cnn(C)c1)C1CCC(CC)C1. The number of nitrogens with zero attached hydrogens (tertiary/aromatic N) is 2. The van der Waals surface area contributed by atoms with Gasteiger partial charge in [0.05, 0.1) is 6.20 Å². The van der Waals surface area contributed by atoms with Gasteiger partial charge in [0, 0.05) is 19.3 Å². The van der Waals surface area contributed by atoms with Crippen molar-refractivity contribution in [3.8, 4) is 0 Å². The molecule has 0 aromatic carbocycles. The summed E-state index contributed by atoms with van der Waals surface area (Å²) in [5, 5.41) is 8.07. The van der Waals surface area contributed by atoms with E-state index in [1.54, 1.807) is 0 Å². The molecule has 1 aliphatic rings. The Bertz CT molecular complexity index is 372. The second kappa shape index (κ2) is 7.09. The van der Waals surface area contributed by atoms with Crippen molar-refractivity contribution in [1.82, 2.24) is 15.1 Å². The molecular formula is C16H29N3. The molecule has 0 saturated heterocycles. The quantitative estimate of drug-likeness (QED) is 0.819.